The topological polar surface area (TPSA) is 0 Å². The van der Waals surface area contributed by atoms with Gasteiger partial charge in [0.15, 0.2) is 0 Å². The largest absolute Gasteiger partial charge is 1.00 e. The second-order valence-corrected chi connectivity index (χ2v) is 13.3. The molecule has 2 aliphatic carbocycles. The number of benzene rings is 1. The molecular weight excluding hydrogens is 323 g/mol. The molecule has 0 bridgehead atoms. The smallest absolute Gasteiger partial charge is 1.00 e. The van der Waals surface area contributed by atoms with Gasteiger partial charge in [0.25, 0.3) is 0 Å². The van der Waals surface area contributed by atoms with E-state index in [1.54, 1.807) is 5.56 Å². The van der Waals surface area contributed by atoms with Crippen LogP contribution in [0.25, 0.3) is 6.08 Å². The van der Waals surface area contributed by atoms with Gasteiger partial charge in [-0.2, -0.15) is 0 Å². The molecule has 0 spiro atoms. The van der Waals surface area contributed by atoms with E-state index in [-0.39, 0.29) is 24.8 Å². The number of hydrogen-bond donors (Lipinski definition) is 0. The Hall–Kier alpha value is -0.266. The summed E-state index contributed by atoms with van der Waals surface area (Å²) in [5.74, 6) is 0. The molecule has 104 valence electrons. The van der Waals surface area contributed by atoms with Crippen molar-refractivity contribution in [2.24, 2.45) is 0 Å². The van der Waals surface area contributed by atoms with Crippen LogP contribution in [0, 0.1) is 0 Å². The Morgan fingerprint density at radius 3 is 2.55 bits per heavy atom. The molecule has 1 fully saturated rings. The van der Waals surface area contributed by atoms with Gasteiger partial charge < -0.3 is 24.8 Å². The van der Waals surface area contributed by atoms with Crippen LogP contribution in [-0.2, 0) is 16.6 Å². The van der Waals surface area contributed by atoms with Gasteiger partial charge >= 0.3 is 113 Å². The van der Waals surface area contributed by atoms with Gasteiger partial charge in [-0.15, -0.1) is 0 Å². The van der Waals surface area contributed by atoms with E-state index in [0.29, 0.717) is 0 Å². The summed E-state index contributed by atoms with van der Waals surface area (Å²) in [6.07, 6.45) is 13.2. The van der Waals surface area contributed by atoms with Crippen molar-refractivity contribution in [2.45, 2.75) is 26.5 Å². The van der Waals surface area contributed by atoms with Crippen molar-refractivity contribution in [1.82, 2.24) is 0 Å². The van der Waals surface area contributed by atoms with Crippen molar-refractivity contribution in [2.75, 3.05) is 0 Å². The monoisotopic (exact) mass is 340 g/mol. The van der Waals surface area contributed by atoms with E-state index < -0.39 is 16.6 Å². The van der Waals surface area contributed by atoms with E-state index in [0.717, 1.165) is 8.45 Å². The predicted molar refractivity (Wildman–Crippen MR) is 74.3 cm³/mol. The van der Waals surface area contributed by atoms with Crippen molar-refractivity contribution in [1.29, 1.82) is 0 Å². The van der Waals surface area contributed by atoms with Crippen LogP contribution in [0.3, 0.4) is 0 Å². The molecular formula is C17H18Cl2Ti. The van der Waals surface area contributed by atoms with E-state index >= 15 is 0 Å². The van der Waals surface area contributed by atoms with Crippen molar-refractivity contribution in [3.05, 3.63) is 63.6 Å². The summed E-state index contributed by atoms with van der Waals surface area (Å²) in [5, 5.41) is 0. The van der Waals surface area contributed by atoms with Crippen molar-refractivity contribution in [3.8, 4) is 0 Å². The Bertz CT molecular complexity index is 603. The molecule has 1 saturated heterocycles. The maximum Gasteiger partial charge on any atom is -1.00 e. The number of halogens is 2. The fraction of sp³-hybridized carbons (Fsp3) is 0.294. The Kier molecular flexibility index (Phi) is 4.71. The molecule has 3 atom stereocenters. The molecule has 0 amide bonds. The van der Waals surface area contributed by atoms with Gasteiger partial charge in [0.2, 0.25) is 0 Å². The SMILES string of the molecule is C[CH]1[CH2][Ti+2]1([C]1=CC=CC1)[CH]1C=Cc2ccccc21.[Cl-].[Cl-]. The summed E-state index contributed by atoms with van der Waals surface area (Å²) in [6, 6.07) is 9.01. The molecule has 3 aliphatic rings. The average molecular weight is 341 g/mol. The zero-order chi connectivity index (χ0) is 12.2. The quantitative estimate of drug-likeness (QED) is 0.606. The maximum absolute atomic E-state index is 2.52. The summed E-state index contributed by atoms with van der Waals surface area (Å²) in [5.41, 5.74) is 3.09. The molecule has 3 heteroatoms. The van der Waals surface area contributed by atoms with Crippen LogP contribution in [0.15, 0.2) is 52.4 Å². The zero-order valence-electron chi connectivity index (χ0n) is 11.5. The summed E-state index contributed by atoms with van der Waals surface area (Å²) < 4.78 is 5.18. The van der Waals surface area contributed by atoms with Crippen LogP contribution in [0.1, 0.15) is 28.7 Å². The first-order chi connectivity index (χ1) is 8.82. The second-order valence-electron chi connectivity index (χ2n) is 5.94. The Labute approximate surface area is 137 Å². The summed E-state index contributed by atoms with van der Waals surface area (Å²) in [7, 11) is 0. The van der Waals surface area contributed by atoms with Gasteiger partial charge in [-0.3, -0.25) is 0 Å². The number of allylic oxidation sites excluding steroid dienone is 5. The normalized spacial score (nSPS) is 28.9. The predicted octanol–water partition coefficient (Wildman–Crippen LogP) is -0.999. The van der Waals surface area contributed by atoms with Gasteiger partial charge in [0, 0.05) is 0 Å². The number of fused-ring (bicyclic) bond motifs is 1. The number of hydrogen-bond acceptors (Lipinski definition) is 0. The average Bonchev–Trinajstić information content (AvgIpc) is 2.86. The van der Waals surface area contributed by atoms with Crippen molar-refractivity contribution < 1.29 is 41.4 Å². The van der Waals surface area contributed by atoms with Crippen LogP contribution < -0.4 is 24.8 Å². The molecule has 4 rings (SSSR count). The van der Waals surface area contributed by atoms with Gasteiger partial charge in [-0.1, -0.05) is 0 Å². The van der Waals surface area contributed by atoms with Gasteiger partial charge in [-0.25, -0.2) is 0 Å². The van der Waals surface area contributed by atoms with E-state index in [9.17, 15) is 0 Å². The molecule has 3 unspecified atom stereocenters. The van der Waals surface area contributed by atoms with Crippen molar-refractivity contribution >= 4 is 6.08 Å². The first-order valence-electron chi connectivity index (χ1n) is 6.96. The Morgan fingerprint density at radius 1 is 1.15 bits per heavy atom. The van der Waals surface area contributed by atoms with Crippen LogP contribution in [-0.4, -0.2) is 0 Å². The fourth-order valence-electron chi connectivity index (χ4n) is 4.02. The van der Waals surface area contributed by atoms with Gasteiger partial charge in [-0.05, 0) is 0 Å². The molecule has 1 aromatic carbocycles. The minimum atomic E-state index is -1.81. The minimum Gasteiger partial charge on any atom is -1.00 e. The van der Waals surface area contributed by atoms with E-state index in [2.05, 4.69) is 61.6 Å². The summed E-state index contributed by atoms with van der Waals surface area (Å²) >= 11 is -1.81. The van der Waals surface area contributed by atoms with E-state index in [1.807, 2.05) is 3.88 Å². The molecule has 0 saturated carbocycles. The Morgan fingerprint density at radius 2 is 1.90 bits per heavy atom. The second kappa shape index (κ2) is 5.85. The van der Waals surface area contributed by atoms with Crippen molar-refractivity contribution in [3.63, 3.8) is 0 Å². The molecule has 20 heavy (non-hydrogen) atoms. The number of rotatable bonds is 2. The molecule has 1 aromatic rings. The van der Waals surface area contributed by atoms with Gasteiger partial charge in [0.1, 0.15) is 0 Å². The van der Waals surface area contributed by atoms with Gasteiger partial charge in [0.05, 0.1) is 0 Å². The molecule has 0 aromatic heterocycles. The molecule has 0 radical (unpaired) electrons. The first-order valence-corrected chi connectivity index (χ1v) is 10.6. The third-order valence-corrected chi connectivity index (χ3v) is 14.3. The third-order valence-electron chi connectivity index (χ3n) is 5.09. The molecule has 1 aliphatic heterocycles. The minimum absolute atomic E-state index is 0. The maximum atomic E-state index is 2.52. The zero-order valence-corrected chi connectivity index (χ0v) is 14.6. The van der Waals surface area contributed by atoms with E-state index in [4.69, 9.17) is 0 Å². The summed E-state index contributed by atoms with van der Waals surface area (Å²) in [4.78, 5) is 0. The molecule has 1 heterocycles. The van der Waals surface area contributed by atoms with Crippen LogP contribution >= 0.6 is 0 Å². The van der Waals surface area contributed by atoms with E-state index in [1.165, 1.54) is 16.7 Å². The fourth-order valence-corrected chi connectivity index (χ4v) is 13.6. The molecule has 0 nitrogen and oxygen atoms in total. The van der Waals surface area contributed by atoms with Crippen LogP contribution in [0.5, 0.6) is 0 Å². The third kappa shape index (κ3) is 2.18. The molecule has 0 N–H and O–H groups in total. The van der Waals surface area contributed by atoms with Crippen LogP contribution in [0.4, 0.5) is 0 Å². The Balaban J connectivity index is 0.000000735. The first kappa shape index (κ1) is 16.1. The van der Waals surface area contributed by atoms with Crippen LogP contribution in [0.2, 0.25) is 8.95 Å². The summed E-state index contributed by atoms with van der Waals surface area (Å²) in [6.45, 7) is 2.49. The standard InChI is InChI=1S/C9H7.C5H5.C3H6.2ClH.Ti/c1-2-5-9-7-3-6-8(9)4-1;1-2-4-5-3-1;1-3-2;;;/h1-7H;1-3H,4H2;3H,1H2,2H3;2*1H;/q;;;;;+2/p-2.